The van der Waals surface area contributed by atoms with Gasteiger partial charge in [-0.1, -0.05) is 18.2 Å². The molecule has 6 heteroatoms. The molecule has 0 saturated heterocycles. The van der Waals surface area contributed by atoms with E-state index < -0.39 is 0 Å². The summed E-state index contributed by atoms with van der Waals surface area (Å²) >= 11 is 0. The molecule has 1 aliphatic rings. The van der Waals surface area contributed by atoms with Gasteiger partial charge in [-0.05, 0) is 58.3 Å². The third-order valence-electron chi connectivity index (χ3n) is 4.31. The lowest BCUT2D eigenvalue weighted by Crippen LogP contribution is -2.12. The zero-order valence-corrected chi connectivity index (χ0v) is 13.7. The van der Waals surface area contributed by atoms with Crippen LogP contribution in [0.25, 0.3) is 11.1 Å². The monoisotopic (exact) mass is 321 g/mol. The Morgan fingerprint density at radius 3 is 2.88 bits per heavy atom. The van der Waals surface area contributed by atoms with Crippen LogP contribution in [-0.2, 0) is 13.5 Å². The van der Waals surface area contributed by atoms with Crippen LogP contribution in [0.3, 0.4) is 0 Å². The summed E-state index contributed by atoms with van der Waals surface area (Å²) in [4.78, 5) is 0. The molecule has 0 fully saturated rings. The van der Waals surface area contributed by atoms with Gasteiger partial charge in [-0.2, -0.15) is 0 Å². The van der Waals surface area contributed by atoms with Crippen LogP contribution >= 0.6 is 0 Å². The molecule has 3 aromatic rings. The van der Waals surface area contributed by atoms with E-state index in [0.717, 1.165) is 30.3 Å². The predicted molar refractivity (Wildman–Crippen MR) is 91.9 cm³/mol. The molecule has 0 unspecified atom stereocenters. The standard InChI is InChI=1S/C18H19N5O/c1-12(18-20-21-22-23(18)2)19-16-5-3-4-13(11-16)14-6-7-17-15(10-14)8-9-24-17/h3-7,10-12,19H,8-9H2,1-2H3/t12-/m1/s1. The van der Waals surface area contributed by atoms with E-state index in [2.05, 4.69) is 63.3 Å². The lowest BCUT2D eigenvalue weighted by Gasteiger charge is -2.14. The number of aryl methyl sites for hydroxylation is 1. The number of benzene rings is 2. The zero-order chi connectivity index (χ0) is 16.5. The second-order valence-electron chi connectivity index (χ2n) is 6.03. The third kappa shape index (κ3) is 2.71. The van der Waals surface area contributed by atoms with E-state index in [-0.39, 0.29) is 6.04 Å². The molecule has 1 aliphatic heterocycles. The van der Waals surface area contributed by atoms with E-state index in [4.69, 9.17) is 4.74 Å². The van der Waals surface area contributed by atoms with Gasteiger partial charge in [-0.3, -0.25) is 0 Å². The molecular weight excluding hydrogens is 302 g/mol. The highest BCUT2D eigenvalue weighted by atomic mass is 16.5. The zero-order valence-electron chi connectivity index (χ0n) is 13.7. The number of rotatable bonds is 4. The predicted octanol–water partition coefficient (Wildman–Crippen LogP) is 2.99. The van der Waals surface area contributed by atoms with Crippen LogP contribution in [0, 0.1) is 0 Å². The van der Waals surface area contributed by atoms with Crippen molar-refractivity contribution in [1.82, 2.24) is 20.2 Å². The molecule has 4 rings (SSSR count). The maximum Gasteiger partial charge on any atom is 0.173 e. The second-order valence-corrected chi connectivity index (χ2v) is 6.03. The molecule has 2 aromatic carbocycles. The molecule has 0 amide bonds. The summed E-state index contributed by atoms with van der Waals surface area (Å²) in [7, 11) is 1.84. The topological polar surface area (TPSA) is 64.9 Å². The van der Waals surface area contributed by atoms with Gasteiger partial charge in [0.05, 0.1) is 12.6 Å². The van der Waals surface area contributed by atoms with Gasteiger partial charge in [0.2, 0.25) is 0 Å². The average Bonchev–Trinajstić information content (AvgIpc) is 3.22. The Hall–Kier alpha value is -2.89. The molecule has 2 heterocycles. The molecule has 1 N–H and O–H groups in total. The van der Waals surface area contributed by atoms with Crippen LogP contribution in [0.1, 0.15) is 24.4 Å². The SMILES string of the molecule is C[C@@H](Nc1cccc(-c2ccc3c(c2)CCO3)c1)c1nnnn1C. The first-order chi connectivity index (χ1) is 11.7. The van der Waals surface area contributed by atoms with Crippen molar-refractivity contribution in [1.29, 1.82) is 0 Å². The van der Waals surface area contributed by atoms with E-state index in [1.54, 1.807) is 4.68 Å². The molecule has 0 bridgehead atoms. The lowest BCUT2D eigenvalue weighted by molar-refractivity contribution is 0.357. The molecule has 0 spiro atoms. The Balaban J connectivity index is 1.59. The van der Waals surface area contributed by atoms with Crippen molar-refractivity contribution in [3.8, 4) is 16.9 Å². The van der Waals surface area contributed by atoms with Crippen LogP contribution in [0.15, 0.2) is 42.5 Å². The maximum atomic E-state index is 5.58. The number of nitrogens with one attached hydrogen (secondary N) is 1. The first-order valence-corrected chi connectivity index (χ1v) is 8.05. The molecular formula is C18H19N5O. The summed E-state index contributed by atoms with van der Waals surface area (Å²) in [5.41, 5.74) is 4.71. The summed E-state index contributed by atoms with van der Waals surface area (Å²) in [5.74, 6) is 1.81. The van der Waals surface area contributed by atoms with E-state index >= 15 is 0 Å². The van der Waals surface area contributed by atoms with Crippen molar-refractivity contribution in [3.63, 3.8) is 0 Å². The molecule has 0 aliphatic carbocycles. The average molecular weight is 321 g/mol. The molecule has 0 radical (unpaired) electrons. The Morgan fingerprint density at radius 1 is 1.17 bits per heavy atom. The Bertz CT molecular complexity index is 873. The van der Waals surface area contributed by atoms with Crippen molar-refractivity contribution in [2.24, 2.45) is 7.05 Å². The molecule has 0 saturated carbocycles. The van der Waals surface area contributed by atoms with Crippen LogP contribution in [-0.4, -0.2) is 26.8 Å². The van der Waals surface area contributed by atoms with E-state index in [1.165, 1.54) is 16.7 Å². The van der Waals surface area contributed by atoms with Crippen LogP contribution in [0.2, 0.25) is 0 Å². The summed E-state index contributed by atoms with van der Waals surface area (Å²) in [6.07, 6.45) is 0.983. The minimum absolute atomic E-state index is 0.0219. The van der Waals surface area contributed by atoms with Crippen LogP contribution < -0.4 is 10.1 Å². The molecule has 1 aromatic heterocycles. The van der Waals surface area contributed by atoms with Crippen molar-refractivity contribution >= 4 is 5.69 Å². The smallest absolute Gasteiger partial charge is 0.173 e. The normalized spacial score (nSPS) is 14.1. The van der Waals surface area contributed by atoms with Crippen molar-refractivity contribution in [2.45, 2.75) is 19.4 Å². The number of ether oxygens (including phenoxy) is 1. The number of tetrazole rings is 1. The molecule has 24 heavy (non-hydrogen) atoms. The summed E-state index contributed by atoms with van der Waals surface area (Å²) in [6.45, 7) is 2.83. The highest BCUT2D eigenvalue weighted by Crippen LogP contribution is 2.31. The Kier molecular flexibility index (Phi) is 3.65. The number of hydrogen-bond acceptors (Lipinski definition) is 5. The third-order valence-corrected chi connectivity index (χ3v) is 4.31. The summed E-state index contributed by atoms with van der Waals surface area (Å²) in [5, 5.41) is 15.1. The van der Waals surface area contributed by atoms with Gasteiger partial charge in [-0.25, -0.2) is 4.68 Å². The van der Waals surface area contributed by atoms with Crippen molar-refractivity contribution in [3.05, 3.63) is 53.9 Å². The van der Waals surface area contributed by atoms with Gasteiger partial charge in [0.1, 0.15) is 5.75 Å². The highest BCUT2D eigenvalue weighted by molar-refractivity contribution is 5.70. The number of fused-ring (bicyclic) bond motifs is 1. The van der Waals surface area contributed by atoms with Crippen LogP contribution in [0.5, 0.6) is 5.75 Å². The van der Waals surface area contributed by atoms with Gasteiger partial charge in [0.15, 0.2) is 5.82 Å². The van der Waals surface area contributed by atoms with Gasteiger partial charge in [0.25, 0.3) is 0 Å². The fourth-order valence-corrected chi connectivity index (χ4v) is 3.07. The fourth-order valence-electron chi connectivity index (χ4n) is 3.07. The van der Waals surface area contributed by atoms with E-state index in [1.807, 2.05) is 14.0 Å². The maximum absolute atomic E-state index is 5.58. The lowest BCUT2D eigenvalue weighted by atomic mass is 10.0. The Labute approximate surface area is 140 Å². The summed E-state index contributed by atoms with van der Waals surface area (Å²) < 4.78 is 7.27. The summed E-state index contributed by atoms with van der Waals surface area (Å²) in [6, 6.07) is 14.8. The highest BCUT2D eigenvalue weighted by Gasteiger charge is 2.14. The molecule has 122 valence electrons. The van der Waals surface area contributed by atoms with Gasteiger partial charge >= 0.3 is 0 Å². The number of hydrogen-bond donors (Lipinski definition) is 1. The van der Waals surface area contributed by atoms with Gasteiger partial charge < -0.3 is 10.1 Å². The number of aromatic nitrogens is 4. The minimum Gasteiger partial charge on any atom is -0.493 e. The first-order valence-electron chi connectivity index (χ1n) is 8.05. The second kappa shape index (κ2) is 5.96. The fraction of sp³-hybridized carbons (Fsp3) is 0.278. The van der Waals surface area contributed by atoms with E-state index in [0.29, 0.717) is 0 Å². The number of anilines is 1. The van der Waals surface area contributed by atoms with Gasteiger partial charge in [0, 0.05) is 19.2 Å². The Morgan fingerprint density at radius 2 is 2.04 bits per heavy atom. The van der Waals surface area contributed by atoms with E-state index in [9.17, 15) is 0 Å². The number of nitrogens with zero attached hydrogens (tertiary/aromatic N) is 4. The quantitative estimate of drug-likeness (QED) is 0.800. The van der Waals surface area contributed by atoms with Crippen molar-refractivity contribution in [2.75, 3.05) is 11.9 Å². The minimum atomic E-state index is 0.0219. The largest absolute Gasteiger partial charge is 0.493 e. The molecule has 6 nitrogen and oxygen atoms in total. The molecule has 1 atom stereocenters. The van der Waals surface area contributed by atoms with Gasteiger partial charge in [-0.15, -0.1) is 5.10 Å². The van der Waals surface area contributed by atoms with Crippen molar-refractivity contribution < 1.29 is 4.74 Å². The van der Waals surface area contributed by atoms with Crippen LogP contribution in [0.4, 0.5) is 5.69 Å². The first kappa shape index (κ1) is 14.7.